The van der Waals surface area contributed by atoms with Crippen molar-refractivity contribution in [2.45, 2.75) is 25.8 Å². The molecule has 1 heterocycles. The van der Waals surface area contributed by atoms with Crippen molar-refractivity contribution >= 4 is 23.9 Å². The molecule has 0 saturated carbocycles. The first-order chi connectivity index (χ1) is 14.4. The van der Waals surface area contributed by atoms with Crippen molar-refractivity contribution in [2.24, 2.45) is 0 Å². The van der Waals surface area contributed by atoms with Gasteiger partial charge < -0.3 is 14.8 Å². The van der Waals surface area contributed by atoms with Gasteiger partial charge in [-0.2, -0.15) is 0 Å². The Hall–Kier alpha value is -3.68. The van der Waals surface area contributed by atoms with Crippen molar-refractivity contribution in [2.75, 3.05) is 13.2 Å². The van der Waals surface area contributed by atoms with E-state index in [0.717, 1.165) is 4.90 Å². The first kappa shape index (κ1) is 21.0. The van der Waals surface area contributed by atoms with Gasteiger partial charge in [0.2, 0.25) is 0 Å². The van der Waals surface area contributed by atoms with E-state index in [1.165, 1.54) is 24.3 Å². The summed E-state index contributed by atoms with van der Waals surface area (Å²) in [4.78, 5) is 50.3. The fraction of sp³-hybridized carbons (Fsp3) is 0.273. The van der Waals surface area contributed by atoms with E-state index in [1.54, 1.807) is 38.1 Å². The van der Waals surface area contributed by atoms with Gasteiger partial charge in [0.25, 0.3) is 5.91 Å². The second kappa shape index (κ2) is 8.77. The SMILES string of the molecule is CCOC(=O)c1ccc(OC(=O)CN2C(=O)N[C@@](CC)(c3ccccc3)C2=O)cc1. The number of carbonyl (C=O) groups is 4. The molecule has 1 aliphatic rings. The maximum atomic E-state index is 13.0. The zero-order valence-electron chi connectivity index (χ0n) is 16.7. The number of ether oxygens (including phenoxy) is 2. The smallest absolute Gasteiger partial charge is 0.338 e. The van der Waals surface area contributed by atoms with Crippen LogP contribution in [0.25, 0.3) is 0 Å². The highest BCUT2D eigenvalue weighted by Gasteiger charge is 2.51. The fourth-order valence-electron chi connectivity index (χ4n) is 3.30. The maximum Gasteiger partial charge on any atom is 0.338 e. The Morgan fingerprint density at radius 3 is 2.27 bits per heavy atom. The Morgan fingerprint density at radius 1 is 1.00 bits per heavy atom. The van der Waals surface area contributed by atoms with Crippen LogP contribution in [0, 0.1) is 0 Å². The van der Waals surface area contributed by atoms with Gasteiger partial charge in [-0.1, -0.05) is 37.3 Å². The number of carbonyl (C=O) groups excluding carboxylic acids is 4. The molecule has 0 aliphatic carbocycles. The standard InChI is InChI=1S/C22H22N2O6/c1-3-22(16-8-6-5-7-9-16)20(27)24(21(28)23-22)14-18(25)30-17-12-10-15(11-13-17)19(26)29-4-2/h5-13H,3-4,14H2,1-2H3,(H,23,28)/t22-/m0/s1. The van der Waals surface area contributed by atoms with Crippen LogP contribution in [-0.4, -0.2) is 41.9 Å². The number of nitrogens with one attached hydrogen (secondary N) is 1. The highest BCUT2D eigenvalue weighted by molar-refractivity contribution is 6.09. The van der Waals surface area contributed by atoms with Gasteiger partial charge in [-0.05, 0) is 43.2 Å². The third-order valence-corrected chi connectivity index (χ3v) is 4.86. The zero-order valence-corrected chi connectivity index (χ0v) is 16.7. The maximum absolute atomic E-state index is 13.0. The lowest BCUT2D eigenvalue weighted by Gasteiger charge is -2.25. The van der Waals surface area contributed by atoms with Gasteiger partial charge in [-0.25, -0.2) is 14.4 Å². The van der Waals surface area contributed by atoms with Crippen LogP contribution in [0.1, 0.15) is 36.2 Å². The van der Waals surface area contributed by atoms with E-state index >= 15 is 0 Å². The normalized spacial score (nSPS) is 18.1. The Bertz CT molecular complexity index is 957. The van der Waals surface area contributed by atoms with E-state index in [-0.39, 0.29) is 12.4 Å². The average molecular weight is 410 g/mol. The topological polar surface area (TPSA) is 102 Å². The third-order valence-electron chi connectivity index (χ3n) is 4.86. The molecule has 3 amide bonds. The van der Waals surface area contributed by atoms with Crippen molar-refractivity contribution in [1.29, 1.82) is 0 Å². The number of rotatable bonds is 7. The fourth-order valence-corrected chi connectivity index (χ4v) is 3.30. The first-order valence-electron chi connectivity index (χ1n) is 9.58. The van der Waals surface area contributed by atoms with Crippen LogP contribution >= 0.6 is 0 Å². The summed E-state index contributed by atoms with van der Waals surface area (Å²) in [5.74, 6) is -1.57. The molecule has 1 atom stereocenters. The van der Waals surface area contributed by atoms with Gasteiger partial charge in [0, 0.05) is 0 Å². The van der Waals surface area contributed by atoms with E-state index in [9.17, 15) is 19.2 Å². The van der Waals surface area contributed by atoms with Crippen molar-refractivity contribution in [1.82, 2.24) is 10.2 Å². The number of urea groups is 1. The predicted molar refractivity (Wildman–Crippen MR) is 107 cm³/mol. The molecular formula is C22H22N2O6. The van der Waals surface area contributed by atoms with Gasteiger partial charge >= 0.3 is 18.0 Å². The summed E-state index contributed by atoms with van der Waals surface area (Å²) in [7, 11) is 0. The molecule has 0 bridgehead atoms. The van der Waals surface area contributed by atoms with Crippen molar-refractivity contribution in [3.05, 3.63) is 65.7 Å². The molecule has 0 spiro atoms. The molecule has 8 heteroatoms. The van der Waals surface area contributed by atoms with E-state index in [2.05, 4.69) is 5.32 Å². The number of nitrogens with zero attached hydrogens (tertiary/aromatic N) is 1. The monoisotopic (exact) mass is 410 g/mol. The van der Waals surface area contributed by atoms with Gasteiger partial charge in [0.05, 0.1) is 12.2 Å². The molecule has 1 fully saturated rings. The van der Waals surface area contributed by atoms with Crippen LogP contribution < -0.4 is 10.1 Å². The minimum Gasteiger partial charge on any atom is -0.462 e. The number of esters is 2. The summed E-state index contributed by atoms with van der Waals surface area (Å²) in [6.45, 7) is 3.22. The summed E-state index contributed by atoms with van der Waals surface area (Å²) in [5, 5.41) is 2.71. The molecule has 2 aromatic carbocycles. The Morgan fingerprint density at radius 2 is 1.67 bits per heavy atom. The van der Waals surface area contributed by atoms with Gasteiger partial charge in [-0.15, -0.1) is 0 Å². The van der Waals surface area contributed by atoms with Crippen LogP contribution in [0.5, 0.6) is 5.75 Å². The second-order valence-electron chi connectivity index (χ2n) is 6.67. The quantitative estimate of drug-likeness (QED) is 0.428. The number of amides is 3. The molecule has 8 nitrogen and oxygen atoms in total. The largest absolute Gasteiger partial charge is 0.462 e. The number of hydrogen-bond acceptors (Lipinski definition) is 6. The molecule has 2 aromatic rings. The summed E-state index contributed by atoms with van der Waals surface area (Å²) in [6.07, 6.45) is 0.336. The molecule has 3 rings (SSSR count). The molecule has 1 saturated heterocycles. The highest BCUT2D eigenvalue weighted by Crippen LogP contribution is 2.32. The lowest BCUT2D eigenvalue weighted by Crippen LogP contribution is -2.44. The minimum atomic E-state index is -1.21. The van der Waals surface area contributed by atoms with Crippen molar-refractivity contribution in [3.63, 3.8) is 0 Å². The first-order valence-corrected chi connectivity index (χ1v) is 9.58. The lowest BCUT2D eigenvalue weighted by molar-refractivity contribution is -0.141. The molecule has 1 aliphatic heterocycles. The number of hydrogen-bond donors (Lipinski definition) is 1. The van der Waals surface area contributed by atoms with Crippen LogP contribution in [0.2, 0.25) is 0 Å². The van der Waals surface area contributed by atoms with Crippen molar-refractivity contribution < 1.29 is 28.7 Å². The molecule has 156 valence electrons. The van der Waals surface area contributed by atoms with E-state index < -0.39 is 36.0 Å². The molecule has 0 unspecified atom stereocenters. The summed E-state index contributed by atoms with van der Waals surface area (Å²) >= 11 is 0. The molecule has 0 radical (unpaired) electrons. The van der Waals surface area contributed by atoms with Crippen LogP contribution in [0.3, 0.4) is 0 Å². The average Bonchev–Trinajstić information content (AvgIpc) is 3.00. The third kappa shape index (κ3) is 4.03. The van der Waals surface area contributed by atoms with Crippen LogP contribution in [0.4, 0.5) is 4.79 Å². The van der Waals surface area contributed by atoms with Gasteiger partial charge in [0.1, 0.15) is 17.8 Å². The van der Waals surface area contributed by atoms with E-state index in [0.29, 0.717) is 17.5 Å². The molecule has 0 aromatic heterocycles. The number of benzene rings is 2. The number of imide groups is 1. The predicted octanol–water partition coefficient (Wildman–Crippen LogP) is 2.63. The Labute approximate surface area is 173 Å². The van der Waals surface area contributed by atoms with Crippen LogP contribution in [-0.2, 0) is 19.9 Å². The lowest BCUT2D eigenvalue weighted by atomic mass is 9.87. The highest BCUT2D eigenvalue weighted by atomic mass is 16.5. The zero-order chi connectivity index (χ0) is 21.7. The summed E-state index contributed by atoms with van der Waals surface area (Å²) in [5.41, 5.74) is -0.238. The molecular weight excluding hydrogens is 388 g/mol. The molecule has 1 N–H and O–H groups in total. The second-order valence-corrected chi connectivity index (χ2v) is 6.67. The van der Waals surface area contributed by atoms with E-state index in [1.807, 2.05) is 6.07 Å². The molecule has 30 heavy (non-hydrogen) atoms. The Kier molecular flexibility index (Phi) is 6.15. The van der Waals surface area contributed by atoms with Crippen molar-refractivity contribution in [3.8, 4) is 5.75 Å². The summed E-state index contributed by atoms with van der Waals surface area (Å²) in [6, 6.07) is 14.1. The van der Waals surface area contributed by atoms with Gasteiger partial charge in [-0.3, -0.25) is 9.69 Å². The van der Waals surface area contributed by atoms with E-state index in [4.69, 9.17) is 9.47 Å². The minimum absolute atomic E-state index is 0.185. The summed E-state index contributed by atoms with van der Waals surface area (Å²) < 4.78 is 10.1. The Balaban J connectivity index is 1.69. The van der Waals surface area contributed by atoms with Crippen LogP contribution in [0.15, 0.2) is 54.6 Å². The van der Waals surface area contributed by atoms with Gasteiger partial charge in [0.15, 0.2) is 0 Å².